The van der Waals surface area contributed by atoms with E-state index in [1.54, 1.807) is 0 Å². The van der Waals surface area contributed by atoms with Crippen LogP contribution < -0.4 is 0 Å². The smallest absolute Gasteiger partial charge is 0.224 e. The van der Waals surface area contributed by atoms with E-state index in [1.165, 1.54) is 11.1 Å². The van der Waals surface area contributed by atoms with Crippen LogP contribution in [-0.4, -0.2) is 48.3 Å². The molecular formula is C15H21ClN2O. The Bertz CT molecular complexity index is 444. The zero-order chi connectivity index (χ0) is 14.0. The number of halogens is 1. The highest BCUT2D eigenvalue weighted by atomic mass is 35.5. The molecule has 0 saturated carbocycles. The van der Waals surface area contributed by atoms with Crippen LogP contribution in [0, 0.1) is 6.92 Å². The minimum atomic E-state index is -0.0340. The Morgan fingerprint density at radius 1 is 1.37 bits per heavy atom. The molecule has 1 heterocycles. The maximum absolute atomic E-state index is 11.9. The lowest BCUT2D eigenvalue weighted by atomic mass is 10.0. The number of carbonyl (C=O) groups is 1. The lowest BCUT2D eigenvalue weighted by molar-refractivity contribution is -0.128. The summed E-state index contributed by atoms with van der Waals surface area (Å²) in [5, 5.41) is -0.0340. The molecule has 3 nitrogen and oxygen atoms in total. The van der Waals surface area contributed by atoms with Gasteiger partial charge in [-0.25, -0.2) is 0 Å². The summed E-state index contributed by atoms with van der Waals surface area (Å²) in [6.45, 7) is 3.45. The fraction of sp³-hybridized carbons (Fsp3) is 0.533. The highest BCUT2D eigenvalue weighted by molar-refractivity contribution is 6.22. The summed E-state index contributed by atoms with van der Waals surface area (Å²) in [5.41, 5.74) is 2.49. The number of hydrogen-bond acceptors (Lipinski definition) is 2. The van der Waals surface area contributed by atoms with Gasteiger partial charge in [-0.15, -0.1) is 11.6 Å². The van der Waals surface area contributed by atoms with E-state index < -0.39 is 0 Å². The molecule has 2 unspecified atom stereocenters. The van der Waals surface area contributed by atoms with Crippen LogP contribution in [0.25, 0.3) is 0 Å². The zero-order valence-corrected chi connectivity index (χ0v) is 12.5. The monoisotopic (exact) mass is 280 g/mol. The summed E-state index contributed by atoms with van der Waals surface area (Å²) in [6, 6.07) is 8.72. The molecule has 1 aliphatic heterocycles. The van der Waals surface area contributed by atoms with Crippen molar-refractivity contribution in [2.75, 3.05) is 27.2 Å². The van der Waals surface area contributed by atoms with E-state index in [1.807, 2.05) is 19.0 Å². The normalized spacial score (nSPS) is 21.2. The lowest BCUT2D eigenvalue weighted by Crippen LogP contribution is -2.35. The Hall–Kier alpha value is -1.06. The third kappa shape index (κ3) is 3.48. The average Bonchev–Trinajstić information content (AvgIpc) is 2.66. The van der Waals surface area contributed by atoms with Crippen LogP contribution in [-0.2, 0) is 4.79 Å². The number of amides is 1. The van der Waals surface area contributed by atoms with Gasteiger partial charge in [0.15, 0.2) is 0 Å². The number of likely N-dealkylation sites (N-methyl/N-ethyl adjacent to an activating group) is 1. The second-order valence-electron chi connectivity index (χ2n) is 5.49. The van der Waals surface area contributed by atoms with Crippen molar-refractivity contribution in [1.82, 2.24) is 9.80 Å². The average molecular weight is 281 g/mol. The molecule has 0 bridgehead atoms. The molecule has 104 valence electrons. The summed E-state index contributed by atoms with van der Waals surface area (Å²) in [7, 11) is 4.09. The van der Waals surface area contributed by atoms with Crippen molar-refractivity contribution < 1.29 is 4.79 Å². The number of nitrogens with zero attached hydrogens (tertiary/aromatic N) is 2. The van der Waals surface area contributed by atoms with E-state index in [4.69, 9.17) is 11.6 Å². The summed E-state index contributed by atoms with van der Waals surface area (Å²) in [6.07, 6.45) is 0.468. The predicted octanol–water partition coefficient (Wildman–Crippen LogP) is 2.44. The lowest BCUT2D eigenvalue weighted by Gasteiger charge is -2.29. The molecule has 1 fully saturated rings. The van der Waals surface area contributed by atoms with Gasteiger partial charge >= 0.3 is 0 Å². The molecule has 1 aromatic carbocycles. The number of aryl methyl sites for hydroxylation is 1. The van der Waals surface area contributed by atoms with Crippen LogP contribution in [0.4, 0.5) is 0 Å². The maximum atomic E-state index is 11.9. The minimum Gasteiger partial charge on any atom is -0.339 e. The van der Waals surface area contributed by atoms with Crippen molar-refractivity contribution in [1.29, 1.82) is 0 Å². The summed E-state index contributed by atoms with van der Waals surface area (Å²) in [5.74, 6) is 0.166. The standard InChI is InChI=1S/C15H21ClN2O/c1-11-4-6-12(7-5-11)14(17(2)3)10-18-9-13(16)8-15(18)19/h4-7,13-14H,8-10H2,1-3H3. The first-order chi connectivity index (χ1) is 8.97. The molecule has 0 radical (unpaired) electrons. The molecule has 2 atom stereocenters. The number of likely N-dealkylation sites (tertiary alicyclic amines) is 1. The number of benzene rings is 1. The van der Waals surface area contributed by atoms with Crippen LogP contribution in [0.5, 0.6) is 0 Å². The molecule has 0 aromatic heterocycles. The van der Waals surface area contributed by atoms with E-state index in [-0.39, 0.29) is 17.3 Å². The molecular weight excluding hydrogens is 260 g/mol. The molecule has 0 aliphatic carbocycles. The Morgan fingerprint density at radius 3 is 2.47 bits per heavy atom. The second-order valence-corrected chi connectivity index (χ2v) is 6.11. The predicted molar refractivity (Wildman–Crippen MR) is 78.4 cm³/mol. The highest BCUT2D eigenvalue weighted by Gasteiger charge is 2.30. The van der Waals surface area contributed by atoms with Crippen molar-refractivity contribution >= 4 is 17.5 Å². The summed E-state index contributed by atoms with van der Waals surface area (Å²) in [4.78, 5) is 15.9. The van der Waals surface area contributed by atoms with Crippen molar-refractivity contribution in [2.45, 2.75) is 24.8 Å². The fourth-order valence-corrected chi connectivity index (χ4v) is 2.76. The third-order valence-electron chi connectivity index (χ3n) is 3.65. The molecule has 4 heteroatoms. The van der Waals surface area contributed by atoms with Crippen LogP contribution >= 0.6 is 11.6 Å². The topological polar surface area (TPSA) is 23.6 Å². The third-order valence-corrected chi connectivity index (χ3v) is 3.94. The molecule has 0 spiro atoms. The van der Waals surface area contributed by atoms with E-state index in [0.29, 0.717) is 19.5 Å². The molecule has 1 saturated heterocycles. The number of alkyl halides is 1. The Labute approximate surface area is 120 Å². The van der Waals surface area contributed by atoms with Crippen LogP contribution in [0.1, 0.15) is 23.6 Å². The first-order valence-corrected chi connectivity index (χ1v) is 7.06. The summed E-state index contributed by atoms with van der Waals surface area (Å²) < 4.78 is 0. The van der Waals surface area contributed by atoms with E-state index in [0.717, 1.165) is 0 Å². The van der Waals surface area contributed by atoms with Gasteiger partial charge in [0.2, 0.25) is 5.91 Å². The first-order valence-electron chi connectivity index (χ1n) is 6.62. The number of rotatable bonds is 4. The SMILES string of the molecule is Cc1ccc(C(CN2CC(Cl)CC2=O)N(C)C)cc1. The molecule has 1 aromatic rings. The Balaban J connectivity index is 2.13. The second kappa shape index (κ2) is 5.93. The quantitative estimate of drug-likeness (QED) is 0.791. The minimum absolute atomic E-state index is 0.0340. The van der Waals surface area contributed by atoms with Gasteiger partial charge in [0.1, 0.15) is 0 Å². The largest absolute Gasteiger partial charge is 0.339 e. The summed E-state index contributed by atoms with van der Waals surface area (Å²) >= 11 is 6.06. The number of hydrogen-bond donors (Lipinski definition) is 0. The van der Waals surface area contributed by atoms with Gasteiger partial charge in [-0.3, -0.25) is 4.79 Å². The highest BCUT2D eigenvalue weighted by Crippen LogP contribution is 2.24. The van der Waals surface area contributed by atoms with E-state index >= 15 is 0 Å². The number of carbonyl (C=O) groups excluding carboxylic acids is 1. The Morgan fingerprint density at radius 2 is 2.00 bits per heavy atom. The molecule has 19 heavy (non-hydrogen) atoms. The molecule has 2 rings (SSSR count). The van der Waals surface area contributed by atoms with Gasteiger partial charge in [-0.1, -0.05) is 29.8 Å². The van der Waals surface area contributed by atoms with Gasteiger partial charge in [-0.2, -0.15) is 0 Å². The van der Waals surface area contributed by atoms with Gasteiger partial charge in [-0.05, 0) is 26.6 Å². The molecule has 1 amide bonds. The maximum Gasteiger partial charge on any atom is 0.224 e. The Kier molecular flexibility index (Phi) is 4.48. The van der Waals surface area contributed by atoms with Crippen LogP contribution in [0.2, 0.25) is 0 Å². The van der Waals surface area contributed by atoms with Crippen molar-refractivity contribution in [3.63, 3.8) is 0 Å². The molecule has 0 N–H and O–H groups in total. The van der Waals surface area contributed by atoms with Gasteiger partial charge < -0.3 is 9.80 Å². The van der Waals surface area contributed by atoms with Gasteiger partial charge in [0, 0.05) is 19.5 Å². The van der Waals surface area contributed by atoms with Crippen molar-refractivity contribution in [3.05, 3.63) is 35.4 Å². The first kappa shape index (κ1) is 14.4. The van der Waals surface area contributed by atoms with Gasteiger partial charge in [0.05, 0.1) is 11.4 Å². The zero-order valence-electron chi connectivity index (χ0n) is 11.8. The molecule has 1 aliphatic rings. The van der Waals surface area contributed by atoms with Crippen molar-refractivity contribution in [3.8, 4) is 0 Å². The fourth-order valence-electron chi connectivity index (χ4n) is 2.46. The van der Waals surface area contributed by atoms with Crippen molar-refractivity contribution in [2.24, 2.45) is 0 Å². The van der Waals surface area contributed by atoms with Crippen LogP contribution in [0.15, 0.2) is 24.3 Å². The van der Waals surface area contributed by atoms with E-state index in [9.17, 15) is 4.79 Å². The van der Waals surface area contributed by atoms with Crippen LogP contribution in [0.3, 0.4) is 0 Å². The van der Waals surface area contributed by atoms with E-state index in [2.05, 4.69) is 36.1 Å². The van der Waals surface area contributed by atoms with Gasteiger partial charge in [0.25, 0.3) is 0 Å².